The Morgan fingerprint density at radius 1 is 1.29 bits per heavy atom. The molecular formula is C14H14ClN3O2S. The molecule has 5 nitrogen and oxygen atoms in total. The van der Waals surface area contributed by atoms with Gasteiger partial charge in [-0.2, -0.15) is 4.98 Å². The van der Waals surface area contributed by atoms with Gasteiger partial charge >= 0.3 is 0 Å². The van der Waals surface area contributed by atoms with Gasteiger partial charge < -0.3 is 8.94 Å². The zero-order chi connectivity index (χ0) is 14.8. The predicted molar refractivity (Wildman–Crippen MR) is 81.4 cm³/mol. The number of oxazole rings is 1. The summed E-state index contributed by atoms with van der Waals surface area (Å²) in [5, 5.41) is 5.17. The molecule has 0 unspecified atom stereocenters. The first-order valence-corrected chi connectivity index (χ1v) is 7.97. The van der Waals surface area contributed by atoms with Crippen LogP contribution in [-0.4, -0.2) is 15.1 Å². The van der Waals surface area contributed by atoms with Crippen molar-refractivity contribution < 1.29 is 8.94 Å². The summed E-state index contributed by atoms with van der Waals surface area (Å²) in [4.78, 5) is 8.71. The van der Waals surface area contributed by atoms with Crippen LogP contribution >= 0.6 is 23.4 Å². The maximum Gasteiger partial charge on any atom is 0.257 e. The summed E-state index contributed by atoms with van der Waals surface area (Å²) in [6.07, 6.45) is 0.791. The van der Waals surface area contributed by atoms with E-state index in [1.165, 1.54) is 11.8 Å². The summed E-state index contributed by atoms with van der Waals surface area (Å²) in [7, 11) is 0. The van der Waals surface area contributed by atoms with E-state index in [-0.39, 0.29) is 0 Å². The van der Waals surface area contributed by atoms with Crippen molar-refractivity contribution in [1.29, 1.82) is 0 Å². The summed E-state index contributed by atoms with van der Waals surface area (Å²) in [6.45, 7) is 4.23. The molecule has 2 aromatic heterocycles. The van der Waals surface area contributed by atoms with Gasteiger partial charge in [0.15, 0.2) is 11.4 Å². The van der Waals surface area contributed by atoms with E-state index in [2.05, 4.69) is 29.0 Å². The third kappa shape index (κ3) is 3.57. The van der Waals surface area contributed by atoms with Crippen molar-refractivity contribution in [3.8, 4) is 0 Å². The topological polar surface area (TPSA) is 65.0 Å². The third-order valence-corrected chi connectivity index (χ3v) is 3.81. The number of rotatable bonds is 5. The lowest BCUT2D eigenvalue weighted by molar-refractivity contribution is 0.360. The first kappa shape index (κ1) is 14.4. The van der Waals surface area contributed by atoms with E-state index in [4.69, 9.17) is 20.5 Å². The second kappa shape index (κ2) is 6.07. The molecule has 1 aromatic carbocycles. The fourth-order valence-electron chi connectivity index (χ4n) is 1.85. The van der Waals surface area contributed by atoms with Crippen molar-refractivity contribution >= 4 is 34.5 Å². The van der Waals surface area contributed by atoms with Gasteiger partial charge in [-0.3, -0.25) is 0 Å². The Bertz CT molecular complexity index is 754. The Hall–Kier alpha value is -1.53. The molecule has 21 heavy (non-hydrogen) atoms. The number of fused-ring (bicyclic) bond motifs is 1. The highest BCUT2D eigenvalue weighted by Crippen LogP contribution is 2.27. The van der Waals surface area contributed by atoms with Crippen LogP contribution < -0.4 is 0 Å². The quantitative estimate of drug-likeness (QED) is 0.650. The molecule has 0 bridgehead atoms. The van der Waals surface area contributed by atoms with Crippen molar-refractivity contribution in [2.24, 2.45) is 5.92 Å². The molecule has 0 radical (unpaired) electrons. The lowest BCUT2D eigenvalue weighted by atomic mass is 10.1. The van der Waals surface area contributed by atoms with Crippen molar-refractivity contribution in [2.45, 2.75) is 31.2 Å². The molecule has 3 aromatic rings. The maximum atomic E-state index is 5.92. The van der Waals surface area contributed by atoms with E-state index in [1.54, 1.807) is 12.1 Å². The van der Waals surface area contributed by atoms with Crippen LogP contribution in [0.25, 0.3) is 11.1 Å². The Kier molecular flexibility index (Phi) is 4.17. The van der Waals surface area contributed by atoms with Crippen LogP contribution in [0.2, 0.25) is 5.02 Å². The number of halogens is 1. The van der Waals surface area contributed by atoms with E-state index >= 15 is 0 Å². The molecule has 0 aliphatic heterocycles. The van der Waals surface area contributed by atoms with Crippen LogP contribution in [-0.2, 0) is 12.2 Å². The largest absolute Gasteiger partial charge is 0.431 e. The maximum absolute atomic E-state index is 5.92. The average molecular weight is 324 g/mol. The molecule has 0 fully saturated rings. The monoisotopic (exact) mass is 323 g/mol. The van der Waals surface area contributed by atoms with Crippen molar-refractivity contribution in [3.63, 3.8) is 0 Å². The van der Waals surface area contributed by atoms with Gasteiger partial charge in [0.25, 0.3) is 5.22 Å². The summed E-state index contributed by atoms with van der Waals surface area (Å²) in [5.41, 5.74) is 1.47. The van der Waals surface area contributed by atoms with Gasteiger partial charge in [0, 0.05) is 11.4 Å². The second-order valence-corrected chi connectivity index (χ2v) is 6.45. The molecule has 0 N–H and O–H groups in total. The Labute approximate surface area is 131 Å². The van der Waals surface area contributed by atoms with E-state index in [9.17, 15) is 0 Å². The van der Waals surface area contributed by atoms with Crippen LogP contribution in [0.3, 0.4) is 0 Å². The first-order chi connectivity index (χ1) is 10.1. The molecule has 0 saturated carbocycles. The highest BCUT2D eigenvalue weighted by atomic mass is 35.5. The standard InChI is InChI=1S/C14H14ClN3O2S/c1-8(2)5-13-17-12(18-20-13)7-21-14-16-10-6-9(15)3-4-11(10)19-14/h3-4,6,8H,5,7H2,1-2H3. The van der Waals surface area contributed by atoms with Crippen molar-refractivity contribution in [1.82, 2.24) is 15.1 Å². The molecule has 110 valence electrons. The number of thioether (sulfide) groups is 1. The first-order valence-electron chi connectivity index (χ1n) is 6.60. The molecule has 7 heteroatoms. The van der Waals surface area contributed by atoms with E-state index < -0.39 is 0 Å². The highest BCUT2D eigenvalue weighted by molar-refractivity contribution is 7.98. The van der Waals surface area contributed by atoms with Gasteiger partial charge in [0.1, 0.15) is 5.52 Å². The minimum atomic E-state index is 0.493. The summed E-state index contributed by atoms with van der Waals surface area (Å²) in [5.74, 6) is 2.37. The fraction of sp³-hybridized carbons (Fsp3) is 0.357. The van der Waals surface area contributed by atoms with Gasteiger partial charge in [0.05, 0.1) is 5.75 Å². The zero-order valence-corrected chi connectivity index (χ0v) is 13.2. The molecular weight excluding hydrogens is 310 g/mol. The Morgan fingerprint density at radius 3 is 2.95 bits per heavy atom. The van der Waals surface area contributed by atoms with Gasteiger partial charge in [-0.1, -0.05) is 42.4 Å². The van der Waals surface area contributed by atoms with Crippen LogP contribution in [0.5, 0.6) is 0 Å². The van der Waals surface area contributed by atoms with Gasteiger partial charge in [-0.25, -0.2) is 4.98 Å². The summed E-state index contributed by atoms with van der Waals surface area (Å²) >= 11 is 7.36. The minimum absolute atomic E-state index is 0.493. The average Bonchev–Trinajstić information content (AvgIpc) is 3.01. The molecule has 0 aliphatic carbocycles. The molecule has 0 atom stereocenters. The molecule has 0 aliphatic rings. The predicted octanol–water partition coefficient (Wildman–Crippen LogP) is 4.36. The molecule has 2 heterocycles. The SMILES string of the molecule is CC(C)Cc1nc(CSc2nc3cc(Cl)ccc3o2)no1. The number of hydrogen-bond donors (Lipinski definition) is 0. The Morgan fingerprint density at radius 2 is 2.14 bits per heavy atom. The van der Waals surface area contributed by atoms with Crippen LogP contribution in [0.4, 0.5) is 0 Å². The highest BCUT2D eigenvalue weighted by Gasteiger charge is 2.11. The fourth-order valence-corrected chi connectivity index (χ4v) is 2.70. The third-order valence-electron chi connectivity index (χ3n) is 2.75. The van der Waals surface area contributed by atoms with Gasteiger partial charge in [-0.15, -0.1) is 0 Å². The second-order valence-electron chi connectivity index (χ2n) is 5.08. The number of aromatic nitrogens is 3. The van der Waals surface area contributed by atoms with Crippen LogP contribution in [0, 0.1) is 5.92 Å². The summed E-state index contributed by atoms with van der Waals surface area (Å²) in [6, 6.07) is 5.37. The number of hydrogen-bond acceptors (Lipinski definition) is 6. The van der Waals surface area contributed by atoms with E-state index in [0.717, 1.165) is 17.5 Å². The Balaban J connectivity index is 1.67. The number of nitrogens with zero attached hydrogens (tertiary/aromatic N) is 3. The summed E-state index contributed by atoms with van der Waals surface area (Å²) < 4.78 is 10.8. The number of benzene rings is 1. The molecule has 0 spiro atoms. The molecule has 3 rings (SSSR count). The molecule has 0 saturated heterocycles. The van der Waals surface area contributed by atoms with Crippen molar-refractivity contribution in [3.05, 3.63) is 34.9 Å². The smallest absolute Gasteiger partial charge is 0.257 e. The van der Waals surface area contributed by atoms with E-state index in [1.807, 2.05) is 6.07 Å². The molecule has 0 amide bonds. The van der Waals surface area contributed by atoms with Gasteiger partial charge in [0.2, 0.25) is 5.89 Å². The lowest BCUT2D eigenvalue weighted by Gasteiger charge is -1.95. The van der Waals surface area contributed by atoms with Crippen LogP contribution in [0.15, 0.2) is 32.4 Å². The van der Waals surface area contributed by atoms with Crippen molar-refractivity contribution in [2.75, 3.05) is 0 Å². The normalized spacial score (nSPS) is 11.6. The zero-order valence-electron chi connectivity index (χ0n) is 11.7. The van der Waals surface area contributed by atoms with Gasteiger partial charge in [-0.05, 0) is 24.1 Å². The minimum Gasteiger partial charge on any atom is -0.431 e. The van der Waals surface area contributed by atoms with Crippen LogP contribution in [0.1, 0.15) is 25.6 Å². The van der Waals surface area contributed by atoms with E-state index in [0.29, 0.717) is 33.6 Å². The lowest BCUT2D eigenvalue weighted by Crippen LogP contribution is -1.94.